The molecule has 7 fully saturated rings. The normalized spacial score (nSPS) is 65.5. The molecule has 0 aromatic rings. The van der Waals surface area contributed by atoms with Crippen molar-refractivity contribution in [2.45, 2.75) is 90.9 Å². The van der Waals surface area contributed by atoms with E-state index in [4.69, 9.17) is 0 Å². The molecule has 0 nitrogen and oxygen atoms in total. The fraction of sp³-hybridized carbons (Fsp3) is 1.00. The fourth-order valence-corrected chi connectivity index (χ4v) is 11.2. The van der Waals surface area contributed by atoms with Gasteiger partial charge in [0.2, 0.25) is 0 Å². The third-order valence-electron chi connectivity index (χ3n) is 11.2. The molecule has 7 rings (SSSR count). The maximum Gasteiger partial charge on any atom is -0.0151 e. The molecule has 7 saturated carbocycles. The Morgan fingerprint density at radius 2 is 1.57 bits per heavy atom. The van der Waals surface area contributed by atoms with E-state index < -0.39 is 0 Å². The maximum absolute atomic E-state index is 2.78. The van der Waals surface area contributed by atoms with Gasteiger partial charge in [-0.05, 0) is 122 Å². The second-order valence-electron chi connectivity index (χ2n) is 11.2. The third kappa shape index (κ3) is 1.34. The average Bonchev–Trinajstić information content (AvgIpc) is 3.18. The zero-order valence-electron chi connectivity index (χ0n) is 15.4. The molecule has 0 N–H and O–H groups in total. The highest BCUT2D eigenvalue weighted by molar-refractivity contribution is 5.25. The number of hydrogen-bond donors (Lipinski definition) is 0. The Hall–Kier alpha value is 0. The minimum atomic E-state index is 0.726. The van der Waals surface area contributed by atoms with E-state index in [2.05, 4.69) is 13.8 Å². The maximum atomic E-state index is 2.78. The number of hydrogen-bond acceptors (Lipinski definition) is 0. The van der Waals surface area contributed by atoms with Crippen LogP contribution in [0.4, 0.5) is 0 Å². The van der Waals surface area contributed by atoms with E-state index in [0.717, 1.165) is 51.8 Å². The second kappa shape index (κ2) is 4.21. The smallest absolute Gasteiger partial charge is 0.0151 e. The SMILES string of the molecule is CCC1(C23CCCC2C2CCC3(C)C2)C2CC3CC(C2)CC1C3. The predicted octanol–water partition coefficient (Wildman–Crippen LogP) is 6.45. The van der Waals surface area contributed by atoms with Crippen LogP contribution in [0.3, 0.4) is 0 Å². The summed E-state index contributed by atoms with van der Waals surface area (Å²) >= 11 is 0. The van der Waals surface area contributed by atoms with Crippen molar-refractivity contribution in [3.63, 3.8) is 0 Å². The summed E-state index contributed by atoms with van der Waals surface area (Å²) in [5.74, 6) is 6.79. The molecule has 0 amide bonds. The lowest BCUT2D eigenvalue weighted by atomic mass is 9.33. The van der Waals surface area contributed by atoms with Gasteiger partial charge in [-0.3, -0.25) is 0 Å². The van der Waals surface area contributed by atoms with Crippen LogP contribution in [0, 0.1) is 51.8 Å². The van der Waals surface area contributed by atoms with Crippen LogP contribution in [0.5, 0.6) is 0 Å². The molecule has 7 aliphatic rings. The lowest BCUT2D eigenvalue weighted by molar-refractivity contribution is -0.228. The lowest BCUT2D eigenvalue weighted by Crippen LogP contribution is -2.64. The molecule has 0 saturated heterocycles. The lowest BCUT2D eigenvalue weighted by Gasteiger charge is -2.71. The van der Waals surface area contributed by atoms with Crippen LogP contribution in [0.25, 0.3) is 0 Å². The molecule has 0 aromatic carbocycles. The van der Waals surface area contributed by atoms with E-state index >= 15 is 0 Å². The monoisotopic (exact) mass is 312 g/mol. The highest BCUT2D eigenvalue weighted by Gasteiger charge is 2.76. The zero-order valence-corrected chi connectivity index (χ0v) is 15.4. The fourth-order valence-electron chi connectivity index (χ4n) is 11.2. The molecular formula is C23H36. The van der Waals surface area contributed by atoms with Crippen LogP contribution >= 0.6 is 0 Å². The van der Waals surface area contributed by atoms with E-state index in [1.807, 2.05) is 0 Å². The van der Waals surface area contributed by atoms with E-state index in [0.29, 0.717) is 0 Å². The molecule has 23 heavy (non-hydrogen) atoms. The predicted molar refractivity (Wildman–Crippen MR) is 95.0 cm³/mol. The molecule has 128 valence electrons. The first-order chi connectivity index (χ1) is 11.1. The Labute approximate surface area is 143 Å². The van der Waals surface area contributed by atoms with Gasteiger partial charge in [-0.15, -0.1) is 0 Å². The van der Waals surface area contributed by atoms with Crippen LogP contribution in [0.1, 0.15) is 90.9 Å². The quantitative estimate of drug-likeness (QED) is 0.550. The van der Waals surface area contributed by atoms with E-state index in [-0.39, 0.29) is 0 Å². The Morgan fingerprint density at radius 1 is 0.870 bits per heavy atom. The Kier molecular flexibility index (Phi) is 2.60. The summed E-state index contributed by atoms with van der Waals surface area (Å²) in [6, 6.07) is 0. The van der Waals surface area contributed by atoms with Gasteiger partial charge in [0.05, 0.1) is 0 Å². The number of rotatable bonds is 2. The summed E-state index contributed by atoms with van der Waals surface area (Å²) in [5, 5.41) is 0. The molecule has 0 heteroatoms. The van der Waals surface area contributed by atoms with Gasteiger partial charge in [0.15, 0.2) is 0 Å². The average molecular weight is 313 g/mol. The minimum Gasteiger partial charge on any atom is -0.0648 e. The summed E-state index contributed by atoms with van der Waals surface area (Å²) in [6.07, 6.45) is 19.3. The van der Waals surface area contributed by atoms with Crippen molar-refractivity contribution in [3.8, 4) is 0 Å². The van der Waals surface area contributed by atoms with Crippen molar-refractivity contribution in [2.24, 2.45) is 51.8 Å². The first kappa shape index (κ1) is 14.2. The van der Waals surface area contributed by atoms with Gasteiger partial charge >= 0.3 is 0 Å². The number of fused-ring (bicyclic) bond motifs is 6. The molecule has 0 aliphatic heterocycles. The van der Waals surface area contributed by atoms with Crippen LogP contribution in [-0.2, 0) is 0 Å². The topological polar surface area (TPSA) is 0 Å². The highest BCUT2D eigenvalue weighted by atomic mass is 14.8. The second-order valence-corrected chi connectivity index (χ2v) is 11.2. The molecule has 4 unspecified atom stereocenters. The standard InChI is InChI=1S/C23H36/c1-3-22(18-10-15-9-16(12-18)13-19(22)11-15)23-7-4-5-20(23)17-6-8-21(23,2)14-17/h15-20H,3-14H2,1-2H3. The van der Waals surface area contributed by atoms with Crippen molar-refractivity contribution in [3.05, 3.63) is 0 Å². The first-order valence-corrected chi connectivity index (χ1v) is 11.1. The van der Waals surface area contributed by atoms with Gasteiger partial charge in [-0.1, -0.05) is 20.3 Å². The first-order valence-electron chi connectivity index (χ1n) is 11.1. The molecule has 0 heterocycles. The van der Waals surface area contributed by atoms with E-state index in [1.54, 1.807) is 70.6 Å². The van der Waals surface area contributed by atoms with Crippen LogP contribution < -0.4 is 0 Å². The molecule has 4 atom stereocenters. The van der Waals surface area contributed by atoms with Gasteiger partial charge in [-0.2, -0.15) is 0 Å². The van der Waals surface area contributed by atoms with Crippen molar-refractivity contribution >= 4 is 0 Å². The van der Waals surface area contributed by atoms with Crippen molar-refractivity contribution < 1.29 is 0 Å². The van der Waals surface area contributed by atoms with Gasteiger partial charge in [0.25, 0.3) is 0 Å². The molecule has 7 aliphatic carbocycles. The molecule has 0 spiro atoms. The van der Waals surface area contributed by atoms with Crippen LogP contribution in [0.15, 0.2) is 0 Å². The Balaban J connectivity index is 1.55. The largest absolute Gasteiger partial charge is 0.0648 e. The van der Waals surface area contributed by atoms with Gasteiger partial charge < -0.3 is 0 Å². The minimum absolute atomic E-state index is 0.726. The Bertz CT molecular complexity index is 504. The van der Waals surface area contributed by atoms with E-state index in [9.17, 15) is 0 Å². The van der Waals surface area contributed by atoms with Gasteiger partial charge in [0.1, 0.15) is 0 Å². The molecule has 6 bridgehead atoms. The summed E-state index contributed by atoms with van der Waals surface area (Å²) in [7, 11) is 0. The van der Waals surface area contributed by atoms with Crippen LogP contribution in [0.2, 0.25) is 0 Å². The summed E-state index contributed by atoms with van der Waals surface area (Å²) < 4.78 is 0. The molecular weight excluding hydrogens is 276 g/mol. The van der Waals surface area contributed by atoms with E-state index in [1.165, 1.54) is 6.42 Å². The van der Waals surface area contributed by atoms with Crippen LogP contribution in [-0.4, -0.2) is 0 Å². The van der Waals surface area contributed by atoms with Gasteiger partial charge in [0, 0.05) is 0 Å². The molecule has 0 radical (unpaired) electrons. The van der Waals surface area contributed by atoms with Crippen molar-refractivity contribution in [2.75, 3.05) is 0 Å². The van der Waals surface area contributed by atoms with Crippen molar-refractivity contribution in [1.82, 2.24) is 0 Å². The summed E-state index contributed by atoms with van der Waals surface area (Å²) in [6.45, 7) is 5.41. The van der Waals surface area contributed by atoms with Gasteiger partial charge in [-0.25, -0.2) is 0 Å². The molecule has 0 aromatic heterocycles. The Morgan fingerprint density at radius 3 is 2.22 bits per heavy atom. The highest BCUT2D eigenvalue weighted by Crippen LogP contribution is 2.84. The third-order valence-corrected chi connectivity index (χ3v) is 11.2. The summed E-state index contributed by atoms with van der Waals surface area (Å²) in [4.78, 5) is 0. The zero-order chi connectivity index (χ0) is 15.4. The summed E-state index contributed by atoms with van der Waals surface area (Å²) in [5.41, 5.74) is 2.27. The van der Waals surface area contributed by atoms with Crippen molar-refractivity contribution in [1.29, 1.82) is 0 Å².